The van der Waals surface area contributed by atoms with Crippen molar-refractivity contribution in [3.8, 4) is 0 Å². The molecule has 0 heterocycles. The number of aliphatic hydroxyl groups excluding tert-OH is 2. The van der Waals surface area contributed by atoms with Gasteiger partial charge in [0.05, 0.1) is 25.4 Å². The molecule has 0 aliphatic heterocycles. The molecule has 0 fully saturated rings. The first-order valence-electron chi connectivity index (χ1n) is 31.7. The number of amides is 1. The van der Waals surface area contributed by atoms with Gasteiger partial charge in [-0.15, -0.1) is 0 Å². The number of ether oxygens (including phenoxy) is 1. The van der Waals surface area contributed by atoms with Gasteiger partial charge in [0.25, 0.3) is 0 Å². The highest BCUT2D eigenvalue weighted by molar-refractivity contribution is 5.76. The average molecular weight is 999 g/mol. The first kappa shape index (κ1) is 69.1. The molecule has 6 nitrogen and oxygen atoms in total. The van der Waals surface area contributed by atoms with Gasteiger partial charge in [-0.2, -0.15) is 0 Å². The Balaban J connectivity index is 3.42. The normalized spacial score (nSPS) is 12.8. The van der Waals surface area contributed by atoms with Crippen molar-refractivity contribution < 1.29 is 24.5 Å². The van der Waals surface area contributed by atoms with E-state index in [0.29, 0.717) is 25.9 Å². The number of carbonyl (C=O) groups is 2. The van der Waals surface area contributed by atoms with E-state index >= 15 is 0 Å². The standard InChI is InChI=1S/C65H123NO5/c1-3-5-7-9-11-13-15-17-19-27-30-33-37-41-45-49-53-57-63(68)62(61-67)66-64(69)58-54-50-46-42-38-34-31-28-25-23-21-20-22-24-26-29-32-36-40-44-48-52-56-60-71-65(70)59-55-51-47-43-39-35-18-16-14-12-10-8-6-4-2/h10,12,16,18,23,25,62-63,67-68H,3-9,11,13-15,17,19-22,24,26-61H2,1-2H3,(H,66,69)/b12-10-,18-16-,25-23-. The summed E-state index contributed by atoms with van der Waals surface area (Å²) in [4.78, 5) is 24.5. The predicted octanol–water partition coefficient (Wildman–Crippen LogP) is 20.0. The van der Waals surface area contributed by atoms with E-state index < -0.39 is 12.1 Å². The molecule has 0 aromatic carbocycles. The predicted molar refractivity (Wildman–Crippen MR) is 310 cm³/mol. The van der Waals surface area contributed by atoms with Gasteiger partial charge in [0.2, 0.25) is 5.91 Å². The molecule has 71 heavy (non-hydrogen) atoms. The lowest BCUT2D eigenvalue weighted by molar-refractivity contribution is -0.143. The van der Waals surface area contributed by atoms with Crippen molar-refractivity contribution in [2.75, 3.05) is 13.2 Å². The van der Waals surface area contributed by atoms with Gasteiger partial charge in [-0.05, 0) is 77.0 Å². The summed E-state index contributed by atoms with van der Waals surface area (Å²) < 4.78 is 5.47. The van der Waals surface area contributed by atoms with Crippen molar-refractivity contribution in [1.82, 2.24) is 5.32 Å². The highest BCUT2D eigenvalue weighted by Crippen LogP contribution is 2.18. The van der Waals surface area contributed by atoms with E-state index in [4.69, 9.17) is 4.74 Å². The summed E-state index contributed by atoms with van der Waals surface area (Å²) in [5.74, 6) is -0.0423. The van der Waals surface area contributed by atoms with Crippen molar-refractivity contribution in [3.63, 3.8) is 0 Å². The zero-order chi connectivity index (χ0) is 51.4. The van der Waals surface area contributed by atoms with Gasteiger partial charge < -0.3 is 20.3 Å². The lowest BCUT2D eigenvalue weighted by atomic mass is 10.0. The van der Waals surface area contributed by atoms with E-state index in [1.165, 1.54) is 257 Å². The number of esters is 1. The van der Waals surface area contributed by atoms with Gasteiger partial charge in [0.15, 0.2) is 0 Å². The van der Waals surface area contributed by atoms with Crippen LogP contribution in [0, 0.1) is 0 Å². The summed E-state index contributed by atoms with van der Waals surface area (Å²) in [6.45, 7) is 4.92. The highest BCUT2D eigenvalue weighted by Gasteiger charge is 2.20. The molecular formula is C65H123NO5. The molecule has 6 heteroatoms. The number of hydrogen-bond donors (Lipinski definition) is 3. The molecule has 3 N–H and O–H groups in total. The lowest BCUT2D eigenvalue weighted by Crippen LogP contribution is -2.45. The molecule has 0 spiro atoms. The largest absolute Gasteiger partial charge is 0.466 e. The maximum Gasteiger partial charge on any atom is 0.305 e. The van der Waals surface area contributed by atoms with Gasteiger partial charge in [-0.3, -0.25) is 9.59 Å². The van der Waals surface area contributed by atoms with E-state index in [2.05, 4.69) is 55.6 Å². The highest BCUT2D eigenvalue weighted by atomic mass is 16.5. The summed E-state index contributed by atoms with van der Waals surface area (Å²) in [6, 6.07) is -0.547. The van der Waals surface area contributed by atoms with Crippen molar-refractivity contribution in [1.29, 1.82) is 0 Å². The Bertz CT molecular complexity index is 1150. The van der Waals surface area contributed by atoms with Crippen LogP contribution in [0.5, 0.6) is 0 Å². The van der Waals surface area contributed by atoms with Crippen LogP contribution in [0.1, 0.15) is 341 Å². The molecule has 2 unspecified atom stereocenters. The summed E-state index contributed by atoms with van der Waals surface area (Å²) in [7, 11) is 0. The molecule has 0 bridgehead atoms. The number of allylic oxidation sites excluding steroid dienone is 6. The maximum absolute atomic E-state index is 12.5. The Kier molecular flexibility index (Phi) is 59.0. The number of aliphatic hydroxyl groups is 2. The van der Waals surface area contributed by atoms with Gasteiger partial charge in [0.1, 0.15) is 0 Å². The van der Waals surface area contributed by atoms with E-state index in [1.807, 2.05) is 0 Å². The fourth-order valence-corrected chi connectivity index (χ4v) is 9.77. The number of unbranched alkanes of at least 4 members (excludes halogenated alkanes) is 42. The molecule has 2 atom stereocenters. The van der Waals surface area contributed by atoms with Gasteiger partial charge in [0, 0.05) is 12.8 Å². The summed E-state index contributed by atoms with van der Waals surface area (Å²) >= 11 is 0. The molecule has 1 amide bonds. The number of rotatable bonds is 59. The van der Waals surface area contributed by atoms with Gasteiger partial charge in [-0.1, -0.05) is 288 Å². The molecule has 418 valence electrons. The minimum Gasteiger partial charge on any atom is -0.466 e. The van der Waals surface area contributed by atoms with Gasteiger partial charge in [-0.25, -0.2) is 0 Å². The fraction of sp³-hybridized carbons (Fsp3) is 0.877. The van der Waals surface area contributed by atoms with Crippen LogP contribution in [0.3, 0.4) is 0 Å². The summed E-state index contributed by atoms with van der Waals surface area (Å²) in [5, 5.41) is 23.3. The Morgan fingerprint density at radius 1 is 0.394 bits per heavy atom. The van der Waals surface area contributed by atoms with Crippen molar-refractivity contribution in [3.05, 3.63) is 36.5 Å². The zero-order valence-electron chi connectivity index (χ0n) is 47.7. The summed E-state index contributed by atoms with van der Waals surface area (Å²) in [5.41, 5.74) is 0. The van der Waals surface area contributed by atoms with Crippen LogP contribution >= 0.6 is 0 Å². The Labute approximate surface area is 443 Å². The van der Waals surface area contributed by atoms with E-state index in [1.54, 1.807) is 0 Å². The average Bonchev–Trinajstić information content (AvgIpc) is 3.37. The second kappa shape index (κ2) is 60.6. The van der Waals surface area contributed by atoms with Gasteiger partial charge >= 0.3 is 5.97 Å². The van der Waals surface area contributed by atoms with E-state index in [-0.39, 0.29) is 18.5 Å². The number of hydrogen-bond acceptors (Lipinski definition) is 5. The third kappa shape index (κ3) is 57.2. The van der Waals surface area contributed by atoms with E-state index in [9.17, 15) is 19.8 Å². The third-order valence-corrected chi connectivity index (χ3v) is 14.7. The second-order valence-corrected chi connectivity index (χ2v) is 21.7. The molecule has 0 aliphatic carbocycles. The van der Waals surface area contributed by atoms with Crippen LogP contribution < -0.4 is 5.32 Å². The van der Waals surface area contributed by atoms with Crippen molar-refractivity contribution >= 4 is 11.9 Å². The van der Waals surface area contributed by atoms with Crippen LogP contribution in [0.2, 0.25) is 0 Å². The monoisotopic (exact) mass is 998 g/mol. The third-order valence-electron chi connectivity index (χ3n) is 14.7. The minimum atomic E-state index is -0.669. The Morgan fingerprint density at radius 2 is 0.718 bits per heavy atom. The molecule has 0 aliphatic rings. The number of nitrogens with one attached hydrogen (secondary N) is 1. The van der Waals surface area contributed by atoms with E-state index in [0.717, 1.165) is 51.4 Å². The zero-order valence-corrected chi connectivity index (χ0v) is 47.7. The molecule has 0 radical (unpaired) electrons. The van der Waals surface area contributed by atoms with Crippen LogP contribution in [-0.2, 0) is 14.3 Å². The first-order chi connectivity index (χ1) is 35.0. The molecule has 0 rings (SSSR count). The summed E-state index contributed by atoms with van der Waals surface area (Å²) in [6.07, 6.45) is 75.8. The molecule has 0 saturated carbocycles. The topological polar surface area (TPSA) is 95.9 Å². The van der Waals surface area contributed by atoms with Crippen LogP contribution in [0.25, 0.3) is 0 Å². The van der Waals surface area contributed by atoms with Crippen molar-refractivity contribution in [2.45, 2.75) is 353 Å². The Morgan fingerprint density at radius 3 is 1.13 bits per heavy atom. The molecule has 0 saturated heterocycles. The van der Waals surface area contributed by atoms with Crippen molar-refractivity contribution in [2.24, 2.45) is 0 Å². The Hall–Kier alpha value is -1.92. The minimum absolute atomic E-state index is 0.00299. The fourth-order valence-electron chi connectivity index (χ4n) is 9.77. The first-order valence-corrected chi connectivity index (χ1v) is 31.7. The van der Waals surface area contributed by atoms with Crippen LogP contribution in [0.4, 0.5) is 0 Å². The smallest absolute Gasteiger partial charge is 0.305 e. The number of carbonyl (C=O) groups excluding carboxylic acids is 2. The van der Waals surface area contributed by atoms with Crippen LogP contribution in [0.15, 0.2) is 36.5 Å². The SMILES string of the molecule is CCCC/C=C\C/C=C\CCCCCCCC(=O)OCCCCCCCCCCCCCC/C=C\CCCCCCCCCC(=O)NC(CO)C(O)CCCCCCCCCCCCCCCCCCC. The molecular weight excluding hydrogens is 875 g/mol. The molecule has 0 aromatic heterocycles. The second-order valence-electron chi connectivity index (χ2n) is 21.7. The lowest BCUT2D eigenvalue weighted by Gasteiger charge is -2.22. The molecule has 0 aromatic rings. The van der Waals surface area contributed by atoms with Crippen LogP contribution in [-0.4, -0.2) is 47.4 Å². The quantitative estimate of drug-likeness (QED) is 0.0321. The maximum atomic E-state index is 12.5.